The fraction of sp³-hybridized carbons (Fsp3) is 0.217. The van der Waals surface area contributed by atoms with Gasteiger partial charge in [0.25, 0.3) is 0 Å². The van der Waals surface area contributed by atoms with Gasteiger partial charge in [0.05, 0.1) is 0 Å². The average Bonchev–Trinajstić information content (AvgIpc) is 2.60. The second-order valence-corrected chi connectivity index (χ2v) is 5.45. The van der Waals surface area contributed by atoms with E-state index in [1.807, 2.05) is 13.8 Å². The molecule has 0 fully saturated rings. The maximum atomic E-state index is 2.27. The second-order valence-electron chi connectivity index (χ2n) is 5.45. The molecule has 0 nitrogen and oxygen atoms in total. The first-order valence-corrected chi connectivity index (χ1v) is 8.63. The van der Waals surface area contributed by atoms with Crippen LogP contribution in [0.5, 0.6) is 0 Å². The number of benzene rings is 4. The summed E-state index contributed by atoms with van der Waals surface area (Å²) in [6, 6.07) is 26.2. The van der Waals surface area contributed by atoms with Crippen LogP contribution in [0.25, 0.3) is 32.3 Å². The Morgan fingerprint density at radius 1 is 0.478 bits per heavy atom. The lowest BCUT2D eigenvalue weighted by Gasteiger charge is -2.04. The standard InChI is InChI=1S/C18H12.C3H8.C2H6/c1-2-6-14-10-18-12-16-8-4-3-7-15(16)11-17(18)9-13(14)5-1;1-3-2;1-2/h1-12H;3H2,1-2H3;1-2H3. The molecule has 0 atom stereocenters. The highest BCUT2D eigenvalue weighted by Crippen LogP contribution is 2.27. The van der Waals surface area contributed by atoms with Gasteiger partial charge in [-0.1, -0.05) is 82.6 Å². The molecule has 0 spiro atoms. The summed E-state index contributed by atoms with van der Waals surface area (Å²) < 4.78 is 0. The summed E-state index contributed by atoms with van der Waals surface area (Å²) >= 11 is 0. The van der Waals surface area contributed by atoms with E-state index in [1.165, 1.54) is 38.7 Å². The van der Waals surface area contributed by atoms with Crippen molar-refractivity contribution in [1.29, 1.82) is 0 Å². The molecule has 23 heavy (non-hydrogen) atoms. The lowest BCUT2D eigenvalue weighted by molar-refractivity contribution is 1.09. The van der Waals surface area contributed by atoms with Gasteiger partial charge in [0.15, 0.2) is 0 Å². The number of hydrogen-bond donors (Lipinski definition) is 0. The van der Waals surface area contributed by atoms with Crippen LogP contribution >= 0.6 is 0 Å². The molecule has 0 aromatic heterocycles. The largest absolute Gasteiger partial charge is 0.0683 e. The van der Waals surface area contributed by atoms with E-state index in [-0.39, 0.29) is 0 Å². The fourth-order valence-corrected chi connectivity index (χ4v) is 2.63. The van der Waals surface area contributed by atoms with E-state index in [4.69, 9.17) is 0 Å². The van der Waals surface area contributed by atoms with Crippen molar-refractivity contribution in [3.05, 3.63) is 72.8 Å². The predicted molar refractivity (Wildman–Crippen MR) is 106 cm³/mol. The quantitative estimate of drug-likeness (QED) is 0.293. The van der Waals surface area contributed by atoms with Gasteiger partial charge >= 0.3 is 0 Å². The summed E-state index contributed by atoms with van der Waals surface area (Å²) in [5.74, 6) is 0. The molecule has 0 aliphatic carbocycles. The molecule has 0 amide bonds. The van der Waals surface area contributed by atoms with E-state index < -0.39 is 0 Å². The fourth-order valence-electron chi connectivity index (χ4n) is 2.63. The lowest BCUT2D eigenvalue weighted by Crippen LogP contribution is -1.78. The molecule has 0 unspecified atom stereocenters. The van der Waals surface area contributed by atoms with E-state index >= 15 is 0 Å². The van der Waals surface area contributed by atoms with E-state index in [0.717, 1.165) is 0 Å². The minimum Gasteiger partial charge on any atom is -0.0683 e. The van der Waals surface area contributed by atoms with Crippen LogP contribution in [-0.4, -0.2) is 0 Å². The molecular formula is C23H26. The Balaban J connectivity index is 0.000000348. The zero-order valence-electron chi connectivity index (χ0n) is 14.6. The lowest BCUT2D eigenvalue weighted by atomic mass is 10.00. The maximum absolute atomic E-state index is 2.27. The van der Waals surface area contributed by atoms with E-state index in [0.29, 0.717) is 0 Å². The van der Waals surface area contributed by atoms with Crippen molar-refractivity contribution >= 4 is 32.3 Å². The van der Waals surface area contributed by atoms with Gasteiger partial charge in [0, 0.05) is 0 Å². The van der Waals surface area contributed by atoms with Crippen LogP contribution in [0.2, 0.25) is 0 Å². The molecule has 0 saturated heterocycles. The van der Waals surface area contributed by atoms with Crippen molar-refractivity contribution in [1.82, 2.24) is 0 Å². The SMILES string of the molecule is CC.CCC.c1ccc2cc3cc4ccccc4cc3cc2c1. The van der Waals surface area contributed by atoms with Crippen LogP contribution < -0.4 is 0 Å². The molecule has 0 heterocycles. The first-order chi connectivity index (χ1) is 11.3. The Kier molecular flexibility index (Phi) is 6.17. The molecule has 0 bridgehead atoms. The van der Waals surface area contributed by atoms with Crippen molar-refractivity contribution in [2.24, 2.45) is 0 Å². The summed E-state index contributed by atoms with van der Waals surface area (Å²) in [4.78, 5) is 0. The number of hydrogen-bond acceptors (Lipinski definition) is 0. The van der Waals surface area contributed by atoms with Crippen LogP contribution in [0.4, 0.5) is 0 Å². The summed E-state index contributed by atoms with van der Waals surface area (Å²) in [7, 11) is 0. The molecule has 0 saturated carbocycles. The van der Waals surface area contributed by atoms with Crippen LogP contribution in [0.3, 0.4) is 0 Å². The normalized spacial score (nSPS) is 9.91. The summed E-state index contributed by atoms with van der Waals surface area (Å²) in [5, 5.41) is 7.85. The molecule has 4 aromatic carbocycles. The molecule has 4 aromatic rings. The van der Waals surface area contributed by atoms with Crippen LogP contribution in [0.1, 0.15) is 34.1 Å². The topological polar surface area (TPSA) is 0 Å². The van der Waals surface area contributed by atoms with Gasteiger partial charge in [-0.25, -0.2) is 0 Å². The highest BCUT2D eigenvalue weighted by atomic mass is 14.0. The molecule has 118 valence electrons. The molecule has 4 rings (SSSR count). The van der Waals surface area contributed by atoms with E-state index in [9.17, 15) is 0 Å². The van der Waals surface area contributed by atoms with Gasteiger partial charge in [0.1, 0.15) is 0 Å². The minimum absolute atomic E-state index is 1.25. The van der Waals surface area contributed by atoms with Gasteiger partial charge in [-0.3, -0.25) is 0 Å². The van der Waals surface area contributed by atoms with Crippen molar-refractivity contribution in [3.63, 3.8) is 0 Å². The van der Waals surface area contributed by atoms with Crippen molar-refractivity contribution in [3.8, 4) is 0 Å². The monoisotopic (exact) mass is 302 g/mol. The number of fused-ring (bicyclic) bond motifs is 3. The molecule has 0 N–H and O–H groups in total. The Morgan fingerprint density at radius 2 is 0.696 bits per heavy atom. The highest BCUT2D eigenvalue weighted by molar-refractivity contribution is 6.04. The van der Waals surface area contributed by atoms with Gasteiger partial charge in [-0.15, -0.1) is 0 Å². The number of rotatable bonds is 0. The van der Waals surface area contributed by atoms with Crippen molar-refractivity contribution < 1.29 is 0 Å². The molecular weight excluding hydrogens is 276 g/mol. The molecule has 0 aliphatic rings. The first-order valence-electron chi connectivity index (χ1n) is 8.63. The van der Waals surface area contributed by atoms with Crippen LogP contribution in [-0.2, 0) is 0 Å². The smallest absolute Gasteiger partial charge is 0.0171 e. The molecule has 0 aliphatic heterocycles. The van der Waals surface area contributed by atoms with E-state index in [1.54, 1.807) is 0 Å². The maximum Gasteiger partial charge on any atom is -0.0171 e. The molecule has 0 heteroatoms. The van der Waals surface area contributed by atoms with Gasteiger partial charge < -0.3 is 0 Å². The Hall–Kier alpha value is -2.34. The Morgan fingerprint density at radius 3 is 0.913 bits per heavy atom. The summed E-state index contributed by atoms with van der Waals surface area (Å²) in [6.07, 6.45) is 1.25. The summed E-state index contributed by atoms with van der Waals surface area (Å²) in [5.41, 5.74) is 0. The average molecular weight is 302 g/mol. The van der Waals surface area contributed by atoms with Crippen molar-refractivity contribution in [2.45, 2.75) is 34.1 Å². The Bertz CT molecular complexity index is 744. The predicted octanol–water partition coefficient (Wildman–Crippen LogP) is 7.59. The first kappa shape index (κ1) is 17.0. The van der Waals surface area contributed by atoms with Crippen LogP contribution in [0, 0.1) is 0 Å². The van der Waals surface area contributed by atoms with E-state index in [2.05, 4.69) is 86.6 Å². The van der Waals surface area contributed by atoms with Crippen molar-refractivity contribution in [2.75, 3.05) is 0 Å². The minimum atomic E-state index is 1.25. The third-order valence-corrected chi connectivity index (χ3v) is 3.57. The summed E-state index contributed by atoms with van der Waals surface area (Å²) in [6.45, 7) is 8.25. The highest BCUT2D eigenvalue weighted by Gasteiger charge is 2.00. The van der Waals surface area contributed by atoms with Gasteiger partial charge in [-0.05, 0) is 56.6 Å². The zero-order valence-corrected chi connectivity index (χ0v) is 14.6. The zero-order chi connectivity index (χ0) is 16.7. The van der Waals surface area contributed by atoms with Crippen LogP contribution in [0.15, 0.2) is 72.8 Å². The van der Waals surface area contributed by atoms with Gasteiger partial charge in [0.2, 0.25) is 0 Å². The Labute approximate surface area is 139 Å². The third-order valence-electron chi connectivity index (χ3n) is 3.57. The second kappa shape index (κ2) is 8.33. The third kappa shape index (κ3) is 3.90. The molecule has 0 radical (unpaired) electrons. The van der Waals surface area contributed by atoms with Gasteiger partial charge in [-0.2, -0.15) is 0 Å².